The third-order valence-corrected chi connectivity index (χ3v) is 4.93. The van der Waals surface area contributed by atoms with Crippen LogP contribution in [0.25, 0.3) is 5.69 Å². The van der Waals surface area contributed by atoms with Crippen molar-refractivity contribution in [2.24, 2.45) is 0 Å². The lowest BCUT2D eigenvalue weighted by molar-refractivity contribution is -0.384. The number of carbonyl (C=O) groups is 1. The second-order valence-corrected chi connectivity index (χ2v) is 6.71. The quantitative estimate of drug-likeness (QED) is 0.482. The Kier molecular flexibility index (Phi) is 5.09. The zero-order valence-electron chi connectivity index (χ0n) is 15.9. The summed E-state index contributed by atoms with van der Waals surface area (Å²) in [5, 5.41) is 24.2. The molecule has 0 spiro atoms. The number of nitriles is 1. The first-order chi connectivity index (χ1) is 14.6. The fraction of sp³-hybridized carbons (Fsp3) is 0.200. The number of nitro benzene ring substituents is 1. The summed E-state index contributed by atoms with van der Waals surface area (Å²) >= 11 is 0. The van der Waals surface area contributed by atoms with E-state index >= 15 is 0 Å². The van der Waals surface area contributed by atoms with Gasteiger partial charge in [-0.3, -0.25) is 14.9 Å². The Balaban J connectivity index is 1.43. The monoisotopic (exact) mass is 403 g/mol. The van der Waals surface area contributed by atoms with Gasteiger partial charge in [-0.15, -0.1) is 0 Å². The lowest BCUT2D eigenvalue weighted by Gasteiger charge is -2.35. The van der Waals surface area contributed by atoms with Crippen LogP contribution in [0.3, 0.4) is 0 Å². The molecule has 2 aromatic heterocycles. The highest BCUT2D eigenvalue weighted by molar-refractivity contribution is 5.94. The Hall–Kier alpha value is -4.26. The first-order valence-corrected chi connectivity index (χ1v) is 9.25. The molecule has 1 aromatic carbocycles. The summed E-state index contributed by atoms with van der Waals surface area (Å²) < 4.78 is 1.51. The van der Waals surface area contributed by atoms with E-state index in [1.165, 1.54) is 23.0 Å². The van der Waals surface area contributed by atoms with Crippen LogP contribution >= 0.6 is 0 Å². The minimum Gasteiger partial charge on any atom is -0.352 e. The number of nitro groups is 1. The maximum Gasteiger partial charge on any atom is 0.269 e. The minimum absolute atomic E-state index is 0.00691. The molecule has 0 saturated carbocycles. The van der Waals surface area contributed by atoms with Gasteiger partial charge in [0.2, 0.25) is 0 Å². The SMILES string of the molecule is N#Cc1cccnc1N1CCN(C(=O)c2cnn(-c3ccc([N+](=O)[O-])cc3)c2)CC1. The number of hydrogen-bond acceptors (Lipinski definition) is 7. The van der Waals surface area contributed by atoms with Gasteiger partial charge in [0.1, 0.15) is 11.9 Å². The maximum atomic E-state index is 12.9. The van der Waals surface area contributed by atoms with Crippen molar-refractivity contribution in [3.8, 4) is 11.8 Å². The van der Waals surface area contributed by atoms with E-state index in [1.54, 1.807) is 41.6 Å². The van der Waals surface area contributed by atoms with Gasteiger partial charge in [-0.2, -0.15) is 10.4 Å². The molecular formula is C20H17N7O3. The number of hydrogen-bond donors (Lipinski definition) is 0. The van der Waals surface area contributed by atoms with Crippen molar-refractivity contribution in [3.63, 3.8) is 0 Å². The van der Waals surface area contributed by atoms with E-state index in [-0.39, 0.29) is 11.6 Å². The molecular weight excluding hydrogens is 386 g/mol. The number of piperazine rings is 1. The Labute approximate surface area is 171 Å². The van der Waals surface area contributed by atoms with E-state index in [0.29, 0.717) is 48.8 Å². The number of carbonyl (C=O) groups excluding carboxylic acids is 1. The number of benzene rings is 1. The van der Waals surface area contributed by atoms with Crippen LogP contribution in [0, 0.1) is 21.4 Å². The normalized spacial score (nSPS) is 13.7. The Morgan fingerprint density at radius 3 is 2.53 bits per heavy atom. The van der Waals surface area contributed by atoms with Crippen LogP contribution in [0.1, 0.15) is 15.9 Å². The van der Waals surface area contributed by atoms with Gasteiger partial charge in [-0.05, 0) is 24.3 Å². The van der Waals surface area contributed by atoms with Crippen LogP contribution in [0.2, 0.25) is 0 Å². The Morgan fingerprint density at radius 1 is 1.13 bits per heavy atom. The van der Waals surface area contributed by atoms with Gasteiger partial charge in [0.25, 0.3) is 11.6 Å². The Morgan fingerprint density at radius 2 is 1.87 bits per heavy atom. The number of pyridine rings is 1. The summed E-state index contributed by atoms with van der Waals surface area (Å²) in [5.74, 6) is 0.502. The number of rotatable bonds is 4. The minimum atomic E-state index is -0.466. The molecule has 1 aliphatic heterocycles. The van der Waals surface area contributed by atoms with E-state index in [9.17, 15) is 20.2 Å². The van der Waals surface area contributed by atoms with E-state index in [0.717, 1.165) is 0 Å². The molecule has 3 aromatic rings. The predicted octanol–water partition coefficient (Wildman–Crippen LogP) is 2.01. The second kappa shape index (κ2) is 8.00. The topological polar surface area (TPSA) is 121 Å². The average Bonchev–Trinajstić information content (AvgIpc) is 3.29. The molecule has 0 aliphatic carbocycles. The van der Waals surface area contributed by atoms with Crippen LogP contribution in [-0.4, -0.2) is 56.7 Å². The summed E-state index contributed by atoms with van der Waals surface area (Å²) in [4.78, 5) is 31.2. The van der Waals surface area contributed by atoms with Crippen molar-refractivity contribution in [1.82, 2.24) is 19.7 Å². The molecule has 1 fully saturated rings. The van der Waals surface area contributed by atoms with Crippen LogP contribution in [0.4, 0.5) is 11.5 Å². The second-order valence-electron chi connectivity index (χ2n) is 6.71. The van der Waals surface area contributed by atoms with Gasteiger partial charge in [-0.25, -0.2) is 9.67 Å². The first-order valence-electron chi connectivity index (χ1n) is 9.25. The summed E-state index contributed by atoms with van der Waals surface area (Å²) in [5.41, 5.74) is 1.58. The standard InChI is InChI=1S/C20H17N7O3/c21-12-15-2-1-7-22-19(15)24-8-10-25(11-9-24)20(28)16-13-23-26(14-16)17-3-5-18(6-4-17)27(29)30/h1-7,13-14H,8-11H2. The zero-order chi connectivity index (χ0) is 21.1. The van der Waals surface area contributed by atoms with E-state index in [1.807, 2.05) is 4.90 Å². The molecule has 10 heteroatoms. The molecule has 10 nitrogen and oxygen atoms in total. The summed E-state index contributed by atoms with van der Waals surface area (Å²) in [7, 11) is 0. The fourth-order valence-corrected chi connectivity index (χ4v) is 3.34. The maximum absolute atomic E-state index is 12.9. The molecule has 0 unspecified atom stereocenters. The Bertz CT molecular complexity index is 1130. The predicted molar refractivity (Wildman–Crippen MR) is 107 cm³/mol. The summed E-state index contributed by atoms with van der Waals surface area (Å²) in [6.07, 6.45) is 4.76. The zero-order valence-corrected chi connectivity index (χ0v) is 15.9. The molecule has 30 heavy (non-hydrogen) atoms. The molecule has 0 bridgehead atoms. The number of anilines is 1. The third-order valence-electron chi connectivity index (χ3n) is 4.93. The summed E-state index contributed by atoms with van der Waals surface area (Å²) in [6.45, 7) is 2.16. The van der Waals surface area contributed by atoms with Crippen molar-refractivity contribution in [1.29, 1.82) is 5.26 Å². The van der Waals surface area contributed by atoms with E-state index in [2.05, 4.69) is 16.2 Å². The van der Waals surface area contributed by atoms with Crippen molar-refractivity contribution < 1.29 is 9.72 Å². The van der Waals surface area contributed by atoms with Crippen LogP contribution in [-0.2, 0) is 0 Å². The molecule has 0 radical (unpaired) electrons. The van der Waals surface area contributed by atoms with Gasteiger partial charge in [0.15, 0.2) is 0 Å². The molecule has 1 amide bonds. The van der Waals surface area contributed by atoms with Crippen LogP contribution < -0.4 is 4.90 Å². The third kappa shape index (κ3) is 3.68. The molecule has 1 aliphatic rings. The lowest BCUT2D eigenvalue weighted by Crippen LogP contribution is -2.49. The highest BCUT2D eigenvalue weighted by Crippen LogP contribution is 2.20. The van der Waals surface area contributed by atoms with Gasteiger partial charge < -0.3 is 9.80 Å². The first kappa shape index (κ1) is 19.1. The lowest BCUT2D eigenvalue weighted by atomic mass is 10.2. The highest BCUT2D eigenvalue weighted by atomic mass is 16.6. The molecule has 1 saturated heterocycles. The molecule has 4 rings (SSSR count). The van der Waals surface area contributed by atoms with E-state index < -0.39 is 4.92 Å². The largest absolute Gasteiger partial charge is 0.352 e. The fourth-order valence-electron chi connectivity index (χ4n) is 3.34. The average molecular weight is 403 g/mol. The molecule has 3 heterocycles. The van der Waals surface area contributed by atoms with Crippen molar-refractivity contribution in [2.45, 2.75) is 0 Å². The molecule has 150 valence electrons. The summed E-state index contributed by atoms with van der Waals surface area (Å²) in [6, 6.07) is 11.6. The van der Waals surface area contributed by atoms with Crippen LogP contribution in [0.15, 0.2) is 55.0 Å². The number of nitrogens with zero attached hydrogens (tertiary/aromatic N) is 7. The number of amides is 1. The highest BCUT2D eigenvalue weighted by Gasteiger charge is 2.25. The van der Waals surface area contributed by atoms with Crippen molar-refractivity contribution in [3.05, 3.63) is 76.2 Å². The molecule has 0 N–H and O–H groups in total. The van der Waals surface area contributed by atoms with Gasteiger partial charge in [0.05, 0.1) is 27.9 Å². The smallest absolute Gasteiger partial charge is 0.269 e. The van der Waals surface area contributed by atoms with Gasteiger partial charge in [0, 0.05) is 50.7 Å². The number of non-ortho nitro benzene ring substituents is 1. The van der Waals surface area contributed by atoms with Crippen molar-refractivity contribution in [2.75, 3.05) is 31.1 Å². The van der Waals surface area contributed by atoms with E-state index in [4.69, 9.17) is 0 Å². The number of aromatic nitrogens is 3. The van der Waals surface area contributed by atoms with Gasteiger partial charge in [-0.1, -0.05) is 0 Å². The molecule has 0 atom stereocenters. The van der Waals surface area contributed by atoms with Crippen molar-refractivity contribution >= 4 is 17.4 Å². The van der Waals surface area contributed by atoms with Crippen LogP contribution in [0.5, 0.6) is 0 Å². The van der Waals surface area contributed by atoms with Gasteiger partial charge >= 0.3 is 0 Å².